The maximum Gasteiger partial charge on any atom is 0.491 e. The topological polar surface area (TPSA) is 142 Å². The predicted octanol–water partition coefficient (Wildman–Crippen LogP) is -0.862. The van der Waals surface area contributed by atoms with E-state index in [1.807, 2.05) is 0 Å². The van der Waals surface area contributed by atoms with Crippen LogP contribution in [-0.2, 0) is 0 Å². The van der Waals surface area contributed by atoms with Gasteiger partial charge in [0.15, 0.2) is 11.6 Å². The second-order valence-electron chi connectivity index (χ2n) is 4.01. The van der Waals surface area contributed by atoms with Crippen molar-refractivity contribution in [3.05, 3.63) is 29.3 Å². The zero-order chi connectivity index (χ0) is 15.7. The molecule has 0 aliphatic carbocycles. The third kappa shape index (κ3) is 2.47. The quantitative estimate of drug-likeness (QED) is 0.527. The van der Waals surface area contributed by atoms with E-state index in [2.05, 4.69) is 9.97 Å². The third-order valence-electron chi connectivity index (χ3n) is 2.71. The van der Waals surface area contributed by atoms with Crippen LogP contribution in [0.4, 0.5) is 20.5 Å². The van der Waals surface area contributed by atoms with E-state index >= 15 is 0 Å². The number of hydrogen-bond acceptors (Lipinski definition) is 7. The first-order valence-electron chi connectivity index (χ1n) is 5.54. The molecule has 0 aliphatic rings. The first kappa shape index (κ1) is 14.6. The van der Waals surface area contributed by atoms with Gasteiger partial charge in [-0.05, 0) is 6.07 Å². The highest BCUT2D eigenvalue weighted by molar-refractivity contribution is 6.58. The van der Waals surface area contributed by atoms with Crippen LogP contribution in [0.2, 0.25) is 0 Å². The van der Waals surface area contributed by atoms with E-state index in [1.165, 1.54) is 0 Å². The van der Waals surface area contributed by atoms with Gasteiger partial charge in [-0.2, -0.15) is 10.2 Å². The minimum absolute atomic E-state index is 0.264. The highest BCUT2D eigenvalue weighted by Crippen LogP contribution is 2.28. The summed E-state index contributed by atoms with van der Waals surface area (Å²) in [7, 11) is -2.18. The maximum absolute atomic E-state index is 14.0. The summed E-state index contributed by atoms with van der Waals surface area (Å²) in [5, 5.41) is 26.8. The van der Waals surface area contributed by atoms with Crippen LogP contribution >= 0.6 is 0 Å². The lowest BCUT2D eigenvalue weighted by molar-refractivity contribution is 0.420. The fourth-order valence-electron chi connectivity index (χ4n) is 1.75. The molecule has 1 heterocycles. The van der Waals surface area contributed by atoms with E-state index < -0.39 is 29.8 Å². The van der Waals surface area contributed by atoms with Gasteiger partial charge < -0.3 is 21.5 Å². The van der Waals surface area contributed by atoms with Crippen LogP contribution < -0.4 is 16.9 Å². The van der Waals surface area contributed by atoms with Crippen LogP contribution in [0.3, 0.4) is 0 Å². The third-order valence-corrected chi connectivity index (χ3v) is 2.71. The number of nitrogens with zero attached hydrogens (tertiary/aromatic N) is 3. The lowest BCUT2D eigenvalue weighted by Crippen LogP contribution is -2.33. The van der Waals surface area contributed by atoms with Gasteiger partial charge in [0.1, 0.15) is 17.5 Å². The van der Waals surface area contributed by atoms with E-state index in [4.69, 9.17) is 26.8 Å². The molecule has 2 rings (SSSR count). The molecule has 0 bridgehead atoms. The SMILES string of the molecule is N#Cc1c(N)nc(N)nc1-c1ccc(B(O)O)c(F)c1F. The molecule has 1 aromatic carbocycles. The number of aromatic nitrogens is 2. The van der Waals surface area contributed by atoms with Crippen molar-refractivity contribution in [1.29, 1.82) is 5.26 Å². The molecule has 0 spiro atoms. The van der Waals surface area contributed by atoms with Gasteiger partial charge in [0.05, 0.1) is 5.69 Å². The molecule has 0 saturated carbocycles. The highest BCUT2D eigenvalue weighted by Gasteiger charge is 2.24. The van der Waals surface area contributed by atoms with Crippen molar-refractivity contribution >= 4 is 24.3 Å². The normalized spacial score (nSPS) is 10.2. The van der Waals surface area contributed by atoms with Crippen LogP contribution in [0.5, 0.6) is 0 Å². The predicted molar refractivity (Wildman–Crippen MR) is 70.7 cm³/mol. The lowest BCUT2D eigenvalue weighted by Gasteiger charge is -2.10. The Morgan fingerprint density at radius 2 is 1.81 bits per heavy atom. The summed E-state index contributed by atoms with van der Waals surface area (Å²) < 4.78 is 27.8. The van der Waals surface area contributed by atoms with Gasteiger partial charge >= 0.3 is 7.12 Å². The van der Waals surface area contributed by atoms with E-state index in [0.717, 1.165) is 12.1 Å². The Hall–Kier alpha value is -2.77. The highest BCUT2D eigenvalue weighted by atomic mass is 19.2. The molecule has 0 fully saturated rings. The lowest BCUT2D eigenvalue weighted by atomic mass is 9.79. The van der Waals surface area contributed by atoms with Crippen LogP contribution in [0.15, 0.2) is 12.1 Å². The largest absolute Gasteiger partial charge is 0.491 e. The number of anilines is 2. The molecule has 0 atom stereocenters. The first-order valence-corrected chi connectivity index (χ1v) is 5.54. The second-order valence-corrected chi connectivity index (χ2v) is 4.01. The molecular weight excluding hydrogens is 283 g/mol. The molecule has 0 unspecified atom stereocenters. The number of nitrogens with two attached hydrogens (primary N) is 2. The van der Waals surface area contributed by atoms with E-state index in [9.17, 15) is 8.78 Å². The molecular formula is C11H8BF2N5O2. The summed E-state index contributed by atoms with van der Waals surface area (Å²) >= 11 is 0. The Morgan fingerprint density at radius 3 is 2.38 bits per heavy atom. The molecule has 0 radical (unpaired) electrons. The van der Waals surface area contributed by atoms with Gasteiger partial charge in [0, 0.05) is 11.0 Å². The first-order chi connectivity index (χ1) is 9.86. The monoisotopic (exact) mass is 291 g/mol. The second kappa shape index (κ2) is 5.32. The molecule has 21 heavy (non-hydrogen) atoms. The van der Waals surface area contributed by atoms with Crippen molar-refractivity contribution in [1.82, 2.24) is 9.97 Å². The summed E-state index contributed by atoms with van der Waals surface area (Å²) in [5.41, 5.74) is 9.28. The fourth-order valence-corrected chi connectivity index (χ4v) is 1.75. The molecule has 1 aromatic heterocycles. The molecule has 0 aliphatic heterocycles. The molecule has 2 aromatic rings. The Labute approximate surface area is 117 Å². The van der Waals surface area contributed by atoms with Crippen LogP contribution in [0.25, 0.3) is 11.3 Å². The Balaban J connectivity index is 2.75. The molecule has 7 nitrogen and oxygen atoms in total. The Morgan fingerprint density at radius 1 is 1.14 bits per heavy atom. The van der Waals surface area contributed by atoms with E-state index in [0.29, 0.717) is 0 Å². The number of nitriles is 1. The number of hydrogen-bond donors (Lipinski definition) is 4. The van der Waals surface area contributed by atoms with Crippen molar-refractivity contribution in [3.8, 4) is 17.3 Å². The summed E-state index contributed by atoms with van der Waals surface area (Å²) in [6.07, 6.45) is 0. The van der Waals surface area contributed by atoms with Crippen LogP contribution in [-0.4, -0.2) is 27.1 Å². The number of rotatable bonds is 2. The van der Waals surface area contributed by atoms with E-state index in [1.54, 1.807) is 6.07 Å². The molecule has 0 saturated heterocycles. The average molecular weight is 291 g/mol. The van der Waals surface area contributed by atoms with Gasteiger partial charge in [0.25, 0.3) is 0 Å². The fraction of sp³-hybridized carbons (Fsp3) is 0. The Bertz CT molecular complexity index is 763. The minimum atomic E-state index is -2.18. The van der Waals surface area contributed by atoms with Gasteiger partial charge in [0.2, 0.25) is 5.95 Å². The molecule has 6 N–H and O–H groups in total. The van der Waals surface area contributed by atoms with Gasteiger partial charge in [-0.1, -0.05) is 6.07 Å². The Kier molecular flexibility index (Phi) is 3.71. The summed E-state index contributed by atoms with van der Waals surface area (Å²) in [6, 6.07) is 3.67. The van der Waals surface area contributed by atoms with Gasteiger partial charge in [-0.3, -0.25) is 0 Å². The van der Waals surface area contributed by atoms with Crippen molar-refractivity contribution < 1.29 is 18.8 Å². The van der Waals surface area contributed by atoms with Crippen molar-refractivity contribution in [2.45, 2.75) is 0 Å². The average Bonchev–Trinajstić information content (AvgIpc) is 2.40. The van der Waals surface area contributed by atoms with Gasteiger partial charge in [-0.15, -0.1) is 0 Å². The molecule has 10 heteroatoms. The molecule has 0 amide bonds. The van der Waals surface area contributed by atoms with Gasteiger partial charge in [-0.25, -0.2) is 13.8 Å². The summed E-state index contributed by atoms with van der Waals surface area (Å²) in [5.74, 6) is -3.46. The summed E-state index contributed by atoms with van der Waals surface area (Å²) in [4.78, 5) is 7.24. The zero-order valence-electron chi connectivity index (χ0n) is 10.4. The van der Waals surface area contributed by atoms with Crippen LogP contribution in [0, 0.1) is 23.0 Å². The van der Waals surface area contributed by atoms with E-state index in [-0.39, 0.29) is 23.0 Å². The smallest absolute Gasteiger partial charge is 0.423 e. The summed E-state index contributed by atoms with van der Waals surface area (Å²) in [6.45, 7) is 0. The van der Waals surface area contributed by atoms with Crippen molar-refractivity contribution in [3.63, 3.8) is 0 Å². The van der Waals surface area contributed by atoms with Crippen molar-refractivity contribution in [2.75, 3.05) is 11.5 Å². The zero-order valence-corrected chi connectivity index (χ0v) is 10.4. The molecule has 106 valence electrons. The number of benzene rings is 1. The standard InChI is InChI=1S/C11H8BF2N5O2/c13-7-4(1-2-6(8(7)14)12(20)21)9-5(3-15)10(16)19-11(17)18-9/h1-2,20-21H,(H4,16,17,18,19). The minimum Gasteiger partial charge on any atom is -0.423 e. The van der Waals surface area contributed by atoms with Crippen molar-refractivity contribution in [2.24, 2.45) is 0 Å². The number of halogens is 2. The maximum atomic E-state index is 14.0. The number of nitrogen functional groups attached to an aromatic ring is 2. The van der Waals surface area contributed by atoms with Crippen LogP contribution in [0.1, 0.15) is 5.56 Å².